The van der Waals surface area contributed by atoms with Crippen LogP contribution in [0.4, 0.5) is 0 Å². The third-order valence-electron chi connectivity index (χ3n) is 4.27. The van der Waals surface area contributed by atoms with E-state index in [4.69, 9.17) is 5.73 Å². The molecule has 0 bridgehead atoms. The van der Waals surface area contributed by atoms with Gasteiger partial charge in [-0.1, -0.05) is 39.0 Å². The van der Waals surface area contributed by atoms with Crippen LogP contribution in [-0.4, -0.2) is 11.8 Å². The van der Waals surface area contributed by atoms with Crippen LogP contribution >= 0.6 is 11.8 Å². The van der Waals surface area contributed by atoms with Crippen LogP contribution in [0.25, 0.3) is 0 Å². The summed E-state index contributed by atoms with van der Waals surface area (Å²) < 4.78 is 0. The van der Waals surface area contributed by atoms with Crippen LogP contribution in [-0.2, 0) is 6.42 Å². The molecule has 0 saturated carbocycles. The van der Waals surface area contributed by atoms with Gasteiger partial charge in [0.15, 0.2) is 0 Å². The molecule has 1 nitrogen and oxygen atoms in total. The average molecular weight is 249 g/mol. The highest BCUT2D eigenvalue weighted by Crippen LogP contribution is 2.43. The summed E-state index contributed by atoms with van der Waals surface area (Å²) in [7, 11) is 0. The van der Waals surface area contributed by atoms with E-state index in [0.29, 0.717) is 11.2 Å². The summed E-state index contributed by atoms with van der Waals surface area (Å²) in [6, 6.07) is 8.79. The summed E-state index contributed by atoms with van der Waals surface area (Å²) in [4.78, 5) is 1.47. The summed E-state index contributed by atoms with van der Waals surface area (Å²) in [6.45, 7) is 7.71. The first-order valence-corrected chi connectivity index (χ1v) is 7.38. The number of rotatable bonds is 4. The number of nitrogens with two attached hydrogens (primary N) is 1. The molecular formula is C15H23NS. The first kappa shape index (κ1) is 13.0. The Labute approximate surface area is 109 Å². The second kappa shape index (κ2) is 5.03. The highest BCUT2D eigenvalue weighted by molar-refractivity contribution is 8.00. The van der Waals surface area contributed by atoms with E-state index in [0.717, 1.165) is 6.54 Å². The molecule has 0 aromatic heterocycles. The van der Waals surface area contributed by atoms with Gasteiger partial charge < -0.3 is 5.73 Å². The maximum Gasteiger partial charge on any atom is 0.0141 e. The molecule has 0 saturated heterocycles. The molecule has 2 heteroatoms. The third-order valence-corrected chi connectivity index (χ3v) is 5.59. The molecule has 94 valence electrons. The fourth-order valence-electron chi connectivity index (χ4n) is 2.44. The minimum Gasteiger partial charge on any atom is -0.330 e. The van der Waals surface area contributed by atoms with Gasteiger partial charge in [-0.15, -0.1) is 11.8 Å². The minimum atomic E-state index is 0.277. The lowest BCUT2D eigenvalue weighted by Crippen LogP contribution is -2.35. The van der Waals surface area contributed by atoms with Gasteiger partial charge in [-0.2, -0.15) is 0 Å². The maximum atomic E-state index is 5.98. The van der Waals surface area contributed by atoms with E-state index in [-0.39, 0.29) is 5.41 Å². The van der Waals surface area contributed by atoms with E-state index >= 15 is 0 Å². The molecular weight excluding hydrogens is 226 g/mol. The highest BCUT2D eigenvalue weighted by atomic mass is 32.2. The van der Waals surface area contributed by atoms with Gasteiger partial charge in [0.25, 0.3) is 0 Å². The topological polar surface area (TPSA) is 26.0 Å². The van der Waals surface area contributed by atoms with Gasteiger partial charge in [-0.05, 0) is 42.3 Å². The molecule has 1 heterocycles. The first-order valence-electron chi connectivity index (χ1n) is 6.50. The molecule has 2 N–H and O–H groups in total. The molecule has 1 aliphatic rings. The van der Waals surface area contributed by atoms with Crippen LogP contribution in [0.15, 0.2) is 29.2 Å². The zero-order valence-electron chi connectivity index (χ0n) is 11.1. The Bertz CT molecular complexity index is 363. The Hall–Kier alpha value is -0.470. The van der Waals surface area contributed by atoms with E-state index in [1.807, 2.05) is 11.8 Å². The number of thioether (sulfide) groups is 1. The van der Waals surface area contributed by atoms with Crippen molar-refractivity contribution in [3.63, 3.8) is 0 Å². The van der Waals surface area contributed by atoms with Gasteiger partial charge >= 0.3 is 0 Å². The van der Waals surface area contributed by atoms with Crippen molar-refractivity contribution in [2.45, 2.75) is 43.8 Å². The number of benzene rings is 1. The van der Waals surface area contributed by atoms with Gasteiger partial charge in [0.05, 0.1) is 0 Å². The lowest BCUT2D eigenvalue weighted by Gasteiger charge is -2.34. The summed E-state index contributed by atoms with van der Waals surface area (Å²) in [6.07, 6.45) is 2.43. The summed E-state index contributed by atoms with van der Waals surface area (Å²) in [5.74, 6) is 0.650. The van der Waals surface area contributed by atoms with Crippen molar-refractivity contribution in [1.29, 1.82) is 0 Å². The first-order chi connectivity index (χ1) is 8.05. The smallest absolute Gasteiger partial charge is 0.0141 e. The fourth-order valence-corrected chi connectivity index (χ4v) is 3.99. The van der Waals surface area contributed by atoms with Gasteiger partial charge in [0, 0.05) is 10.1 Å². The second-order valence-electron chi connectivity index (χ2n) is 5.77. The van der Waals surface area contributed by atoms with Crippen molar-refractivity contribution in [3.05, 3.63) is 29.8 Å². The van der Waals surface area contributed by atoms with Crippen LogP contribution in [0.2, 0.25) is 0 Å². The molecule has 0 radical (unpaired) electrons. The lowest BCUT2D eigenvalue weighted by molar-refractivity contribution is 0.208. The molecule has 2 atom stereocenters. The van der Waals surface area contributed by atoms with Crippen molar-refractivity contribution in [2.24, 2.45) is 17.1 Å². The van der Waals surface area contributed by atoms with Gasteiger partial charge in [-0.25, -0.2) is 0 Å². The van der Waals surface area contributed by atoms with Gasteiger partial charge in [-0.3, -0.25) is 0 Å². The standard InChI is InChI=1S/C15H23NS/c1-11(2)15(3,10-16)9-13-8-12-6-4-5-7-14(12)17-13/h4-7,11,13H,8-10,16H2,1-3H3. The highest BCUT2D eigenvalue weighted by Gasteiger charge is 2.33. The van der Waals surface area contributed by atoms with Crippen LogP contribution in [0.1, 0.15) is 32.8 Å². The zero-order valence-corrected chi connectivity index (χ0v) is 11.9. The number of hydrogen-bond acceptors (Lipinski definition) is 2. The van der Waals surface area contributed by atoms with Crippen molar-refractivity contribution in [2.75, 3.05) is 6.54 Å². The molecule has 2 unspecified atom stereocenters. The average Bonchev–Trinajstić information content (AvgIpc) is 2.70. The molecule has 0 amide bonds. The SMILES string of the molecule is CC(C)C(C)(CN)CC1Cc2ccccc2S1. The van der Waals surface area contributed by atoms with Crippen LogP contribution in [0, 0.1) is 11.3 Å². The monoisotopic (exact) mass is 249 g/mol. The Balaban J connectivity index is 2.04. The molecule has 1 aromatic carbocycles. The molecule has 0 aliphatic carbocycles. The van der Waals surface area contributed by atoms with E-state index in [2.05, 4.69) is 45.0 Å². The maximum absolute atomic E-state index is 5.98. The predicted octanol–water partition coefficient (Wildman–Crippen LogP) is 3.71. The van der Waals surface area contributed by atoms with Crippen LogP contribution < -0.4 is 5.73 Å². The van der Waals surface area contributed by atoms with Crippen molar-refractivity contribution < 1.29 is 0 Å². The van der Waals surface area contributed by atoms with E-state index in [1.165, 1.54) is 23.3 Å². The summed E-state index contributed by atoms with van der Waals surface area (Å²) in [5.41, 5.74) is 7.78. The lowest BCUT2D eigenvalue weighted by atomic mass is 9.75. The van der Waals surface area contributed by atoms with E-state index < -0.39 is 0 Å². The fraction of sp³-hybridized carbons (Fsp3) is 0.600. The molecule has 1 aromatic rings. The zero-order chi connectivity index (χ0) is 12.5. The molecule has 1 aliphatic heterocycles. The largest absolute Gasteiger partial charge is 0.330 e. The van der Waals surface area contributed by atoms with E-state index in [1.54, 1.807) is 0 Å². The Morgan fingerprint density at radius 2 is 2.12 bits per heavy atom. The van der Waals surface area contributed by atoms with Crippen LogP contribution in [0.3, 0.4) is 0 Å². The Morgan fingerprint density at radius 1 is 1.41 bits per heavy atom. The quantitative estimate of drug-likeness (QED) is 0.880. The van der Waals surface area contributed by atoms with Crippen molar-refractivity contribution in [3.8, 4) is 0 Å². The summed E-state index contributed by atoms with van der Waals surface area (Å²) in [5, 5.41) is 0.711. The third kappa shape index (κ3) is 2.69. The van der Waals surface area contributed by atoms with E-state index in [9.17, 15) is 0 Å². The normalized spacial score (nSPS) is 22.5. The van der Waals surface area contributed by atoms with Crippen molar-refractivity contribution >= 4 is 11.8 Å². The Kier molecular flexibility index (Phi) is 3.84. The van der Waals surface area contributed by atoms with Gasteiger partial charge in [0.1, 0.15) is 0 Å². The molecule has 0 fully saturated rings. The molecule has 0 spiro atoms. The summed E-state index contributed by atoms with van der Waals surface area (Å²) >= 11 is 2.04. The Morgan fingerprint density at radius 3 is 2.71 bits per heavy atom. The molecule has 17 heavy (non-hydrogen) atoms. The number of fused-ring (bicyclic) bond motifs is 1. The van der Waals surface area contributed by atoms with Gasteiger partial charge in [0.2, 0.25) is 0 Å². The van der Waals surface area contributed by atoms with Crippen molar-refractivity contribution in [1.82, 2.24) is 0 Å². The molecule has 2 rings (SSSR count). The minimum absolute atomic E-state index is 0.277. The second-order valence-corrected chi connectivity index (χ2v) is 7.11. The number of hydrogen-bond donors (Lipinski definition) is 1. The predicted molar refractivity (Wildman–Crippen MR) is 76.4 cm³/mol. The van der Waals surface area contributed by atoms with Crippen LogP contribution in [0.5, 0.6) is 0 Å².